The summed E-state index contributed by atoms with van der Waals surface area (Å²) < 4.78 is 7.08. The molecule has 0 saturated heterocycles. The number of fused-ring (bicyclic) bond motifs is 2. The molecule has 5 heteroatoms. The molecule has 0 aliphatic rings. The van der Waals surface area contributed by atoms with Crippen molar-refractivity contribution in [3.05, 3.63) is 64.7 Å². The van der Waals surface area contributed by atoms with Gasteiger partial charge in [0.2, 0.25) is 0 Å². The highest BCUT2D eigenvalue weighted by Gasteiger charge is 2.14. The third-order valence-electron chi connectivity index (χ3n) is 3.42. The number of aromatic nitrogens is 3. The summed E-state index contributed by atoms with van der Waals surface area (Å²) in [5.74, 6) is 0.547. The van der Waals surface area contributed by atoms with E-state index in [1.54, 1.807) is 13.0 Å². The average Bonchev–Trinajstić information content (AvgIpc) is 2.90. The van der Waals surface area contributed by atoms with E-state index < -0.39 is 0 Å². The Hall–Kier alpha value is -2.95. The maximum absolute atomic E-state index is 12.6. The molecule has 102 valence electrons. The highest BCUT2D eigenvalue weighted by atomic mass is 16.4. The zero-order valence-corrected chi connectivity index (χ0v) is 11.3. The van der Waals surface area contributed by atoms with E-state index in [2.05, 4.69) is 9.97 Å². The molecule has 0 atom stereocenters. The molecule has 4 rings (SSSR count). The van der Waals surface area contributed by atoms with Crippen molar-refractivity contribution in [2.24, 2.45) is 0 Å². The van der Waals surface area contributed by atoms with Gasteiger partial charge in [0.25, 0.3) is 5.56 Å². The number of nitrogens with zero attached hydrogens (tertiary/aromatic N) is 3. The molecule has 0 fully saturated rings. The van der Waals surface area contributed by atoms with Gasteiger partial charge in [0.15, 0.2) is 5.58 Å². The van der Waals surface area contributed by atoms with Gasteiger partial charge in [0.05, 0.1) is 10.9 Å². The van der Waals surface area contributed by atoms with Crippen LogP contribution in [0.15, 0.2) is 57.7 Å². The minimum absolute atomic E-state index is 0.176. The normalized spacial score (nSPS) is 11.3. The molecule has 0 aliphatic heterocycles. The molecule has 2 aromatic heterocycles. The molecule has 2 aromatic carbocycles. The molecule has 5 nitrogen and oxygen atoms in total. The Morgan fingerprint density at radius 3 is 2.48 bits per heavy atom. The number of rotatable bonds is 1. The van der Waals surface area contributed by atoms with Crippen molar-refractivity contribution >= 4 is 22.0 Å². The van der Waals surface area contributed by atoms with Crippen LogP contribution in [0.4, 0.5) is 0 Å². The quantitative estimate of drug-likeness (QED) is 0.536. The van der Waals surface area contributed by atoms with Gasteiger partial charge < -0.3 is 4.42 Å². The number of para-hydroxylation sites is 3. The maximum Gasteiger partial charge on any atom is 0.311 e. The minimum atomic E-state index is -0.176. The molecule has 2 heterocycles. The second-order valence-electron chi connectivity index (χ2n) is 4.78. The SMILES string of the molecule is Cc1nc2ccccc2c(=O)n1-c1nc2ccccc2o1. The van der Waals surface area contributed by atoms with Gasteiger partial charge >= 0.3 is 6.01 Å². The number of oxazole rings is 1. The molecular formula is C16H11N3O2. The van der Waals surface area contributed by atoms with Gasteiger partial charge in [-0.2, -0.15) is 4.98 Å². The number of hydrogen-bond donors (Lipinski definition) is 0. The Balaban J connectivity index is 2.08. The van der Waals surface area contributed by atoms with Gasteiger partial charge in [-0.3, -0.25) is 4.79 Å². The molecule has 0 spiro atoms. The third-order valence-corrected chi connectivity index (χ3v) is 3.42. The molecule has 0 N–H and O–H groups in total. The summed E-state index contributed by atoms with van der Waals surface area (Å²) >= 11 is 0. The molecule has 0 bridgehead atoms. The second kappa shape index (κ2) is 4.28. The first-order chi connectivity index (χ1) is 10.2. The first-order valence-corrected chi connectivity index (χ1v) is 6.58. The molecule has 0 aliphatic carbocycles. The van der Waals surface area contributed by atoms with E-state index in [0.717, 1.165) is 0 Å². The predicted molar refractivity (Wildman–Crippen MR) is 79.6 cm³/mol. The third kappa shape index (κ3) is 1.74. The van der Waals surface area contributed by atoms with E-state index in [0.29, 0.717) is 27.8 Å². The fourth-order valence-corrected chi connectivity index (χ4v) is 2.42. The Morgan fingerprint density at radius 2 is 1.67 bits per heavy atom. The smallest absolute Gasteiger partial charge is 0.311 e. The topological polar surface area (TPSA) is 60.9 Å². The van der Waals surface area contributed by atoms with Gasteiger partial charge in [-0.05, 0) is 31.2 Å². The zero-order chi connectivity index (χ0) is 14.4. The molecule has 0 saturated carbocycles. The lowest BCUT2D eigenvalue weighted by molar-refractivity contribution is 0.551. The van der Waals surface area contributed by atoms with Gasteiger partial charge in [-0.15, -0.1) is 0 Å². The summed E-state index contributed by atoms with van der Waals surface area (Å²) in [6.07, 6.45) is 0. The van der Waals surface area contributed by atoms with Crippen LogP contribution >= 0.6 is 0 Å². The first-order valence-electron chi connectivity index (χ1n) is 6.58. The van der Waals surface area contributed by atoms with Crippen LogP contribution in [0.1, 0.15) is 5.82 Å². The Kier molecular flexibility index (Phi) is 2.41. The summed E-state index contributed by atoms with van der Waals surface area (Å²) in [4.78, 5) is 21.5. The van der Waals surface area contributed by atoms with Crippen molar-refractivity contribution in [1.29, 1.82) is 0 Å². The zero-order valence-electron chi connectivity index (χ0n) is 11.3. The van der Waals surface area contributed by atoms with Crippen molar-refractivity contribution in [1.82, 2.24) is 14.5 Å². The van der Waals surface area contributed by atoms with Gasteiger partial charge in [0, 0.05) is 0 Å². The Bertz CT molecular complexity index is 997. The van der Waals surface area contributed by atoms with Crippen LogP contribution in [-0.4, -0.2) is 14.5 Å². The summed E-state index contributed by atoms with van der Waals surface area (Å²) in [6.45, 7) is 1.77. The van der Waals surface area contributed by atoms with E-state index in [1.165, 1.54) is 4.57 Å². The number of benzene rings is 2. The molecule has 4 aromatic rings. The molecule has 0 unspecified atom stereocenters. The lowest BCUT2D eigenvalue weighted by Gasteiger charge is -2.06. The fraction of sp³-hybridized carbons (Fsp3) is 0.0625. The van der Waals surface area contributed by atoms with Crippen LogP contribution in [0.2, 0.25) is 0 Å². The van der Waals surface area contributed by atoms with Gasteiger partial charge in [-0.25, -0.2) is 9.55 Å². The second-order valence-corrected chi connectivity index (χ2v) is 4.78. The van der Waals surface area contributed by atoms with E-state index >= 15 is 0 Å². The van der Waals surface area contributed by atoms with Crippen LogP contribution in [-0.2, 0) is 0 Å². The largest absolute Gasteiger partial charge is 0.423 e. The van der Waals surface area contributed by atoms with E-state index in [4.69, 9.17) is 4.42 Å². The predicted octanol–water partition coefficient (Wildman–Crippen LogP) is 2.84. The Labute approximate surface area is 119 Å². The standard InChI is InChI=1S/C16H11N3O2/c1-10-17-12-7-3-2-6-11(12)15(20)19(10)16-18-13-8-4-5-9-14(13)21-16/h2-9H,1H3. The van der Waals surface area contributed by atoms with Gasteiger partial charge in [-0.1, -0.05) is 24.3 Å². The average molecular weight is 277 g/mol. The minimum Gasteiger partial charge on any atom is -0.423 e. The summed E-state index contributed by atoms with van der Waals surface area (Å²) in [5, 5.41) is 0.547. The lowest BCUT2D eigenvalue weighted by atomic mass is 10.2. The van der Waals surface area contributed by atoms with Crippen LogP contribution in [0.3, 0.4) is 0 Å². The van der Waals surface area contributed by atoms with Crippen LogP contribution in [0.25, 0.3) is 28.0 Å². The van der Waals surface area contributed by atoms with Crippen LogP contribution < -0.4 is 5.56 Å². The molecule has 21 heavy (non-hydrogen) atoms. The summed E-state index contributed by atoms with van der Waals surface area (Å²) in [7, 11) is 0. The highest BCUT2D eigenvalue weighted by molar-refractivity contribution is 5.78. The van der Waals surface area contributed by atoms with Crippen molar-refractivity contribution in [2.75, 3.05) is 0 Å². The maximum atomic E-state index is 12.6. The van der Waals surface area contributed by atoms with Crippen LogP contribution in [0.5, 0.6) is 0 Å². The highest BCUT2D eigenvalue weighted by Crippen LogP contribution is 2.18. The fourth-order valence-electron chi connectivity index (χ4n) is 2.42. The molecule has 0 amide bonds. The van der Waals surface area contributed by atoms with Crippen molar-refractivity contribution in [3.63, 3.8) is 0 Å². The van der Waals surface area contributed by atoms with Crippen molar-refractivity contribution in [2.45, 2.75) is 6.92 Å². The summed E-state index contributed by atoms with van der Waals surface area (Å²) in [5.41, 5.74) is 1.86. The number of aryl methyl sites for hydroxylation is 1. The Morgan fingerprint density at radius 1 is 0.952 bits per heavy atom. The van der Waals surface area contributed by atoms with E-state index in [1.807, 2.05) is 42.5 Å². The summed E-state index contributed by atoms with van der Waals surface area (Å²) in [6, 6.07) is 14.9. The van der Waals surface area contributed by atoms with E-state index in [-0.39, 0.29) is 11.6 Å². The van der Waals surface area contributed by atoms with E-state index in [9.17, 15) is 4.79 Å². The molecule has 0 radical (unpaired) electrons. The van der Waals surface area contributed by atoms with Crippen molar-refractivity contribution < 1.29 is 4.42 Å². The van der Waals surface area contributed by atoms with Crippen molar-refractivity contribution in [3.8, 4) is 6.01 Å². The monoisotopic (exact) mass is 277 g/mol. The number of hydrogen-bond acceptors (Lipinski definition) is 4. The lowest BCUT2D eigenvalue weighted by Crippen LogP contribution is -2.22. The van der Waals surface area contributed by atoms with Gasteiger partial charge in [0.1, 0.15) is 11.3 Å². The molecular weight excluding hydrogens is 266 g/mol. The van der Waals surface area contributed by atoms with Crippen LogP contribution in [0, 0.1) is 6.92 Å². The first kappa shape index (κ1) is 11.8.